The van der Waals surface area contributed by atoms with E-state index in [0.717, 1.165) is 10.6 Å². The Morgan fingerprint density at radius 1 is 1.15 bits per heavy atom. The molecular weight excluding hydrogens is 371 g/mol. The van der Waals surface area contributed by atoms with Crippen LogP contribution in [0.15, 0.2) is 58.6 Å². The summed E-state index contributed by atoms with van der Waals surface area (Å²) in [4.78, 5) is 13.2. The summed E-state index contributed by atoms with van der Waals surface area (Å²) in [5.41, 5.74) is 1.17. The largest absolute Gasteiger partial charge is 0.324 e. The van der Waals surface area contributed by atoms with Crippen LogP contribution in [0.3, 0.4) is 0 Å². The fourth-order valence-electron chi connectivity index (χ4n) is 2.38. The minimum atomic E-state index is -0.356. The lowest BCUT2D eigenvalue weighted by Crippen LogP contribution is -2.15. The molecule has 2 aromatic carbocycles. The van der Waals surface area contributed by atoms with E-state index < -0.39 is 0 Å². The normalized spacial score (nSPS) is 10.7. The van der Waals surface area contributed by atoms with Crippen LogP contribution in [0.2, 0.25) is 0 Å². The molecule has 8 heteroatoms. The van der Waals surface area contributed by atoms with E-state index in [0.29, 0.717) is 16.5 Å². The van der Waals surface area contributed by atoms with Crippen LogP contribution in [0.25, 0.3) is 11.4 Å². The number of hydrogen-bond donors (Lipinski definition) is 1. The minimum Gasteiger partial charge on any atom is -0.324 e. The maximum atomic E-state index is 13.9. The summed E-state index contributed by atoms with van der Waals surface area (Å²) in [7, 11) is 1.75. The van der Waals surface area contributed by atoms with Crippen molar-refractivity contribution >= 4 is 35.1 Å². The number of benzene rings is 2. The van der Waals surface area contributed by atoms with Crippen molar-refractivity contribution < 1.29 is 9.18 Å². The molecule has 0 aliphatic rings. The summed E-state index contributed by atoms with van der Waals surface area (Å²) < 4.78 is 15.6. The number of anilines is 1. The summed E-state index contributed by atoms with van der Waals surface area (Å²) in [5, 5.41) is 11.6. The average Bonchev–Trinajstić information content (AvgIpc) is 3.01. The first-order valence-corrected chi connectivity index (χ1v) is 10.0. The molecule has 0 saturated carbocycles. The predicted octanol–water partition coefficient (Wildman–Crippen LogP) is 4.07. The van der Waals surface area contributed by atoms with E-state index in [4.69, 9.17) is 0 Å². The van der Waals surface area contributed by atoms with Crippen molar-refractivity contribution in [1.29, 1.82) is 0 Å². The van der Waals surface area contributed by atoms with Crippen molar-refractivity contribution in [3.63, 3.8) is 0 Å². The Labute approximate surface area is 159 Å². The van der Waals surface area contributed by atoms with Gasteiger partial charge in [-0.05, 0) is 30.5 Å². The van der Waals surface area contributed by atoms with Crippen LogP contribution in [-0.4, -0.2) is 32.7 Å². The number of nitrogens with one attached hydrogen (secondary N) is 1. The number of hydrogen-bond acceptors (Lipinski definition) is 5. The fourth-order valence-corrected chi connectivity index (χ4v) is 3.65. The number of rotatable bonds is 6. The van der Waals surface area contributed by atoms with Crippen LogP contribution in [0, 0.1) is 5.82 Å². The maximum Gasteiger partial charge on any atom is 0.234 e. The molecule has 0 radical (unpaired) electrons. The molecule has 0 aliphatic heterocycles. The Morgan fingerprint density at radius 3 is 2.65 bits per heavy atom. The summed E-state index contributed by atoms with van der Waals surface area (Å²) in [6.45, 7) is 0. The Hall–Kier alpha value is -2.32. The molecule has 0 aliphatic carbocycles. The number of carbonyl (C=O) groups excluding carboxylic acids is 1. The topological polar surface area (TPSA) is 59.8 Å². The standard InChI is InChI=1S/C18H17FN4OS2/c1-23-17(12-7-3-4-8-13(12)19)21-22-18(23)26-11-16(24)20-14-9-5-6-10-15(14)25-2/h3-10H,11H2,1-2H3,(H,20,24). The highest BCUT2D eigenvalue weighted by molar-refractivity contribution is 7.99. The van der Waals surface area contributed by atoms with Crippen LogP contribution in [0.4, 0.5) is 10.1 Å². The van der Waals surface area contributed by atoms with Gasteiger partial charge in [0.25, 0.3) is 0 Å². The number of amides is 1. The fraction of sp³-hybridized carbons (Fsp3) is 0.167. The molecule has 134 valence electrons. The number of aromatic nitrogens is 3. The van der Waals surface area contributed by atoms with E-state index in [-0.39, 0.29) is 17.5 Å². The Kier molecular flexibility index (Phi) is 5.95. The molecule has 0 saturated heterocycles. The van der Waals surface area contributed by atoms with Gasteiger partial charge >= 0.3 is 0 Å². The van der Waals surface area contributed by atoms with E-state index in [1.807, 2.05) is 30.5 Å². The van der Waals surface area contributed by atoms with Crippen LogP contribution in [0.5, 0.6) is 0 Å². The first-order chi connectivity index (χ1) is 12.6. The van der Waals surface area contributed by atoms with Crippen LogP contribution >= 0.6 is 23.5 Å². The highest BCUT2D eigenvalue weighted by Gasteiger charge is 2.15. The molecule has 0 bridgehead atoms. The molecule has 3 aromatic rings. The summed E-state index contributed by atoms with van der Waals surface area (Å²) in [6, 6.07) is 14.0. The Bertz CT molecular complexity index is 929. The Balaban J connectivity index is 1.67. The van der Waals surface area contributed by atoms with Gasteiger partial charge in [0.2, 0.25) is 5.91 Å². The average molecular weight is 388 g/mol. The first-order valence-electron chi connectivity index (χ1n) is 7.80. The van der Waals surface area contributed by atoms with Gasteiger partial charge in [-0.25, -0.2) is 4.39 Å². The van der Waals surface area contributed by atoms with E-state index in [2.05, 4.69) is 15.5 Å². The quantitative estimate of drug-likeness (QED) is 0.645. The van der Waals surface area contributed by atoms with Crippen molar-refractivity contribution in [3.05, 3.63) is 54.3 Å². The number of para-hydroxylation sites is 1. The van der Waals surface area contributed by atoms with E-state index in [1.54, 1.807) is 41.6 Å². The molecule has 3 rings (SSSR count). The molecule has 1 amide bonds. The molecular formula is C18H17FN4OS2. The van der Waals surface area contributed by atoms with E-state index in [1.165, 1.54) is 17.8 Å². The van der Waals surface area contributed by atoms with Gasteiger partial charge in [0.15, 0.2) is 11.0 Å². The minimum absolute atomic E-state index is 0.132. The summed E-state index contributed by atoms with van der Waals surface area (Å²) in [5.74, 6) is 0.128. The monoisotopic (exact) mass is 388 g/mol. The lowest BCUT2D eigenvalue weighted by atomic mass is 10.2. The zero-order chi connectivity index (χ0) is 18.5. The number of carbonyl (C=O) groups is 1. The van der Waals surface area contributed by atoms with Gasteiger partial charge in [-0.3, -0.25) is 4.79 Å². The van der Waals surface area contributed by atoms with E-state index in [9.17, 15) is 9.18 Å². The second kappa shape index (κ2) is 8.37. The zero-order valence-electron chi connectivity index (χ0n) is 14.3. The SMILES string of the molecule is CSc1ccccc1NC(=O)CSc1nnc(-c2ccccc2F)n1C. The van der Waals surface area contributed by atoms with Crippen molar-refractivity contribution in [2.24, 2.45) is 7.05 Å². The molecule has 1 N–H and O–H groups in total. The van der Waals surface area contributed by atoms with E-state index >= 15 is 0 Å². The van der Waals surface area contributed by atoms with Gasteiger partial charge in [0.05, 0.1) is 17.0 Å². The van der Waals surface area contributed by atoms with Gasteiger partial charge in [-0.2, -0.15) is 0 Å². The molecule has 0 fully saturated rings. The lowest BCUT2D eigenvalue weighted by Gasteiger charge is -2.09. The van der Waals surface area contributed by atoms with Crippen LogP contribution < -0.4 is 5.32 Å². The molecule has 1 heterocycles. The summed E-state index contributed by atoms with van der Waals surface area (Å²) >= 11 is 2.83. The van der Waals surface area contributed by atoms with Crippen LogP contribution in [-0.2, 0) is 11.8 Å². The number of nitrogens with zero attached hydrogens (tertiary/aromatic N) is 3. The molecule has 0 spiro atoms. The first kappa shape index (κ1) is 18.5. The van der Waals surface area contributed by atoms with Gasteiger partial charge in [-0.1, -0.05) is 36.0 Å². The van der Waals surface area contributed by atoms with Gasteiger partial charge < -0.3 is 9.88 Å². The maximum absolute atomic E-state index is 13.9. The van der Waals surface area contributed by atoms with Crippen molar-refractivity contribution in [1.82, 2.24) is 14.8 Å². The molecule has 1 aromatic heterocycles. The predicted molar refractivity (Wildman–Crippen MR) is 104 cm³/mol. The highest BCUT2D eigenvalue weighted by atomic mass is 32.2. The molecule has 5 nitrogen and oxygen atoms in total. The molecule has 26 heavy (non-hydrogen) atoms. The van der Waals surface area contributed by atoms with Gasteiger partial charge in [-0.15, -0.1) is 22.0 Å². The van der Waals surface area contributed by atoms with Gasteiger partial charge in [0.1, 0.15) is 5.82 Å². The van der Waals surface area contributed by atoms with Crippen molar-refractivity contribution in [2.75, 3.05) is 17.3 Å². The van der Waals surface area contributed by atoms with Crippen molar-refractivity contribution in [2.45, 2.75) is 10.1 Å². The second-order valence-corrected chi connectivity index (χ2v) is 7.17. The lowest BCUT2D eigenvalue weighted by molar-refractivity contribution is -0.113. The third-order valence-corrected chi connectivity index (χ3v) is 5.48. The molecule has 0 unspecified atom stereocenters. The van der Waals surface area contributed by atoms with Gasteiger partial charge in [0, 0.05) is 11.9 Å². The third kappa shape index (κ3) is 4.08. The summed E-state index contributed by atoms with van der Waals surface area (Å²) in [6.07, 6.45) is 1.96. The second-order valence-electron chi connectivity index (χ2n) is 5.38. The highest BCUT2D eigenvalue weighted by Crippen LogP contribution is 2.26. The van der Waals surface area contributed by atoms with Crippen molar-refractivity contribution in [3.8, 4) is 11.4 Å². The number of halogens is 1. The number of thioether (sulfide) groups is 2. The zero-order valence-corrected chi connectivity index (χ0v) is 15.9. The molecule has 0 atom stereocenters. The third-order valence-electron chi connectivity index (χ3n) is 3.66. The Morgan fingerprint density at radius 2 is 1.88 bits per heavy atom. The van der Waals surface area contributed by atoms with Crippen LogP contribution in [0.1, 0.15) is 0 Å². The smallest absolute Gasteiger partial charge is 0.234 e.